The van der Waals surface area contributed by atoms with Gasteiger partial charge in [-0.05, 0) is 12.1 Å². The highest BCUT2D eigenvalue weighted by Gasteiger charge is 2.51. The van der Waals surface area contributed by atoms with Gasteiger partial charge in [-0.1, -0.05) is 0 Å². The first-order valence-corrected chi connectivity index (χ1v) is 13.0. The minimum absolute atomic E-state index is 0.0288. The lowest BCUT2D eigenvalue weighted by Crippen LogP contribution is -2.65. The van der Waals surface area contributed by atoms with E-state index in [1.165, 1.54) is 18.2 Å². The SMILES string of the molecule is OCC1OC(OC2C(Oc3cc4c(O)cc(O)cc4[o+]c3-c3ccc(O)c(O)c3)OC(CO)C(O)C2O)C(O)C(O)C1O. The Hall–Kier alpha value is -3.55. The first-order valence-electron chi connectivity index (χ1n) is 13.0. The summed E-state index contributed by atoms with van der Waals surface area (Å²) in [4.78, 5) is 0. The van der Waals surface area contributed by atoms with E-state index in [1.54, 1.807) is 0 Å². The van der Waals surface area contributed by atoms with Crippen molar-refractivity contribution in [2.45, 2.75) is 61.4 Å². The Bertz CT molecular complexity index is 1450. The Balaban J connectivity index is 1.57. The standard InChI is InChI=1S/C27H30O16/c28-7-17-19(34)21(36)23(38)26(41-17)43-25-22(37)20(35)18(8-29)42-27(25)40-16-6-11-13(32)4-10(30)5-15(11)39-24(16)9-1-2-12(31)14(33)3-9/h1-6,17-23,25-29,34-38H,7-8H2,(H3-,30,31,32,33)/p+1. The number of aliphatic hydroxyl groups excluding tert-OH is 7. The molecule has 10 atom stereocenters. The third-order valence-corrected chi connectivity index (χ3v) is 7.26. The van der Waals surface area contributed by atoms with Crippen LogP contribution in [0, 0.1) is 0 Å². The lowest BCUT2D eigenvalue weighted by Gasteiger charge is -2.45. The smallest absolute Gasteiger partial charge is 0.402 e. The van der Waals surface area contributed by atoms with Gasteiger partial charge in [-0.25, -0.2) is 4.42 Å². The Morgan fingerprint density at radius 3 is 1.98 bits per heavy atom. The molecule has 0 aliphatic carbocycles. The fourth-order valence-electron chi connectivity index (χ4n) is 4.89. The van der Waals surface area contributed by atoms with Crippen LogP contribution < -0.4 is 4.74 Å². The molecular formula is C27H31O16+. The summed E-state index contributed by atoms with van der Waals surface area (Å²) in [6.45, 7) is -1.56. The largest absolute Gasteiger partial charge is 0.507 e. The van der Waals surface area contributed by atoms with E-state index in [0.29, 0.717) is 0 Å². The highest BCUT2D eigenvalue weighted by Crippen LogP contribution is 2.42. The number of aliphatic hydroxyl groups is 7. The van der Waals surface area contributed by atoms with Crippen molar-refractivity contribution in [2.24, 2.45) is 0 Å². The molecule has 10 unspecified atom stereocenters. The summed E-state index contributed by atoms with van der Waals surface area (Å²) >= 11 is 0. The third-order valence-electron chi connectivity index (χ3n) is 7.26. The number of phenolic OH excluding ortho intramolecular Hbond substituents is 4. The molecule has 2 fully saturated rings. The van der Waals surface area contributed by atoms with Gasteiger partial charge >= 0.3 is 11.3 Å². The number of hydrogen-bond acceptors (Lipinski definition) is 15. The van der Waals surface area contributed by atoms with E-state index in [2.05, 4.69) is 0 Å². The second-order valence-corrected chi connectivity index (χ2v) is 10.1. The average molecular weight is 612 g/mol. The fourth-order valence-corrected chi connectivity index (χ4v) is 4.89. The Labute approximate surface area is 242 Å². The van der Waals surface area contributed by atoms with E-state index in [9.17, 15) is 56.2 Å². The topological polar surface area (TPSA) is 271 Å². The van der Waals surface area contributed by atoms with Gasteiger partial charge < -0.3 is 75.1 Å². The normalized spacial score (nSPS) is 33.0. The number of ether oxygens (including phenoxy) is 4. The Morgan fingerprint density at radius 2 is 1.33 bits per heavy atom. The van der Waals surface area contributed by atoms with Gasteiger partial charge in [0.05, 0.1) is 24.8 Å². The minimum Gasteiger partial charge on any atom is -0.507 e. The zero-order chi connectivity index (χ0) is 31.2. The van der Waals surface area contributed by atoms with E-state index in [0.717, 1.165) is 18.2 Å². The maximum Gasteiger partial charge on any atom is 0.402 e. The highest BCUT2D eigenvalue weighted by atomic mass is 16.8. The van der Waals surface area contributed by atoms with Gasteiger partial charge in [-0.15, -0.1) is 0 Å². The summed E-state index contributed by atoms with van der Waals surface area (Å²) in [5.74, 6) is -2.13. The molecule has 16 heteroatoms. The molecule has 3 aromatic rings. The third kappa shape index (κ3) is 5.85. The van der Waals surface area contributed by atoms with Crippen molar-refractivity contribution in [3.05, 3.63) is 36.4 Å². The van der Waals surface area contributed by atoms with Gasteiger partial charge in [-0.2, -0.15) is 0 Å². The number of hydrogen-bond donors (Lipinski definition) is 11. The molecule has 2 aromatic carbocycles. The predicted octanol–water partition coefficient (Wildman–Crippen LogP) is -1.79. The van der Waals surface area contributed by atoms with Gasteiger partial charge in [0.15, 0.2) is 23.9 Å². The molecule has 16 nitrogen and oxygen atoms in total. The molecule has 234 valence electrons. The summed E-state index contributed by atoms with van der Waals surface area (Å²) in [6.07, 6.45) is -17.1. The molecule has 0 spiro atoms. The molecule has 0 saturated carbocycles. The van der Waals surface area contributed by atoms with Crippen LogP contribution in [0.2, 0.25) is 0 Å². The molecule has 0 radical (unpaired) electrons. The van der Waals surface area contributed by atoms with Gasteiger partial charge in [0.2, 0.25) is 12.0 Å². The second-order valence-electron chi connectivity index (χ2n) is 10.1. The molecule has 5 rings (SSSR count). The van der Waals surface area contributed by atoms with Crippen LogP contribution in [-0.2, 0) is 14.2 Å². The summed E-state index contributed by atoms with van der Waals surface area (Å²) in [5.41, 5.74) is 0.0892. The first kappa shape index (κ1) is 30.9. The van der Waals surface area contributed by atoms with Gasteiger partial charge in [0, 0.05) is 18.2 Å². The van der Waals surface area contributed by atoms with Crippen molar-refractivity contribution in [2.75, 3.05) is 13.2 Å². The molecule has 2 saturated heterocycles. The highest BCUT2D eigenvalue weighted by molar-refractivity contribution is 5.88. The van der Waals surface area contributed by atoms with Crippen molar-refractivity contribution in [1.82, 2.24) is 0 Å². The number of benzene rings is 2. The van der Waals surface area contributed by atoms with Crippen LogP contribution in [0.15, 0.2) is 40.8 Å². The van der Waals surface area contributed by atoms with Crippen molar-refractivity contribution < 1.29 is 79.5 Å². The van der Waals surface area contributed by atoms with Crippen molar-refractivity contribution in [1.29, 1.82) is 0 Å². The van der Waals surface area contributed by atoms with Crippen molar-refractivity contribution >= 4 is 11.0 Å². The number of aromatic hydroxyl groups is 4. The van der Waals surface area contributed by atoms with Gasteiger partial charge in [0.25, 0.3) is 0 Å². The summed E-state index contributed by atoms with van der Waals surface area (Å²) in [5, 5.41) is 112. The zero-order valence-electron chi connectivity index (χ0n) is 22.1. The molecule has 11 N–H and O–H groups in total. The first-order chi connectivity index (χ1) is 20.4. The van der Waals surface area contributed by atoms with E-state index in [1.807, 2.05) is 0 Å². The maximum atomic E-state index is 10.9. The second kappa shape index (κ2) is 12.2. The minimum atomic E-state index is -1.89. The molecule has 1 aromatic heterocycles. The van der Waals surface area contributed by atoms with E-state index >= 15 is 0 Å². The average Bonchev–Trinajstić information content (AvgIpc) is 2.98. The van der Waals surface area contributed by atoms with Gasteiger partial charge in [0.1, 0.15) is 59.6 Å². The Morgan fingerprint density at radius 1 is 0.674 bits per heavy atom. The number of phenols is 4. The lowest BCUT2D eigenvalue weighted by molar-refractivity contribution is -0.357. The number of rotatable bonds is 7. The van der Waals surface area contributed by atoms with Crippen LogP contribution in [0.3, 0.4) is 0 Å². The Kier molecular flexibility index (Phi) is 8.77. The summed E-state index contributed by atoms with van der Waals surface area (Å²) in [6, 6.07) is 7.08. The zero-order valence-corrected chi connectivity index (χ0v) is 22.1. The van der Waals surface area contributed by atoms with Crippen LogP contribution in [0.5, 0.6) is 28.7 Å². The van der Waals surface area contributed by atoms with E-state index in [4.69, 9.17) is 23.4 Å². The molecule has 43 heavy (non-hydrogen) atoms. The lowest BCUT2D eigenvalue weighted by atomic mass is 9.97. The van der Waals surface area contributed by atoms with Crippen molar-refractivity contribution in [3.8, 4) is 40.1 Å². The molecule has 2 aliphatic heterocycles. The fraction of sp³-hybridized carbons (Fsp3) is 0.444. The number of fused-ring (bicyclic) bond motifs is 1. The maximum absolute atomic E-state index is 10.9. The van der Waals surface area contributed by atoms with E-state index < -0.39 is 91.9 Å². The molecule has 0 bridgehead atoms. The van der Waals surface area contributed by atoms with Crippen LogP contribution in [0.1, 0.15) is 0 Å². The van der Waals surface area contributed by atoms with Gasteiger partial charge in [-0.3, -0.25) is 0 Å². The molecule has 2 aliphatic rings. The van der Waals surface area contributed by atoms with Crippen LogP contribution in [0.25, 0.3) is 22.3 Å². The van der Waals surface area contributed by atoms with Crippen LogP contribution >= 0.6 is 0 Å². The van der Waals surface area contributed by atoms with Crippen LogP contribution in [-0.4, -0.2) is 131 Å². The molecular weight excluding hydrogens is 580 g/mol. The summed E-state index contributed by atoms with van der Waals surface area (Å²) in [7, 11) is 0. The molecule has 3 heterocycles. The monoisotopic (exact) mass is 611 g/mol. The molecule has 0 amide bonds. The van der Waals surface area contributed by atoms with Crippen LogP contribution in [0.4, 0.5) is 0 Å². The predicted molar refractivity (Wildman–Crippen MR) is 140 cm³/mol. The quantitative estimate of drug-likeness (QED) is 0.104. The van der Waals surface area contributed by atoms with Crippen molar-refractivity contribution in [3.63, 3.8) is 0 Å². The van der Waals surface area contributed by atoms with E-state index in [-0.39, 0.29) is 33.8 Å². The summed E-state index contributed by atoms with van der Waals surface area (Å²) < 4.78 is 28.6.